The van der Waals surface area contributed by atoms with Gasteiger partial charge in [-0.05, 0) is 18.6 Å². The molecule has 0 radical (unpaired) electrons. The second kappa shape index (κ2) is 6.85. The van der Waals surface area contributed by atoms with E-state index in [0.717, 1.165) is 25.1 Å². The lowest BCUT2D eigenvalue weighted by Crippen LogP contribution is -2.40. The molecule has 0 aliphatic heterocycles. The molecule has 1 aromatic rings. The Hall–Kier alpha value is -1.55. The summed E-state index contributed by atoms with van der Waals surface area (Å²) in [7, 11) is 0. The molecule has 0 aliphatic carbocycles. The fourth-order valence-corrected chi connectivity index (χ4v) is 1.51. The molecule has 0 unspecified atom stereocenters. The van der Waals surface area contributed by atoms with E-state index < -0.39 is 0 Å². The van der Waals surface area contributed by atoms with Gasteiger partial charge in [0.05, 0.1) is 6.54 Å². The first-order valence-electron chi connectivity index (χ1n) is 5.57. The monoisotopic (exact) mass is 221 g/mol. The summed E-state index contributed by atoms with van der Waals surface area (Å²) in [6.07, 6.45) is 2.17. The average Bonchev–Trinajstić information content (AvgIpc) is 2.35. The molecular formula is C12H19N3O. The summed E-state index contributed by atoms with van der Waals surface area (Å²) in [6, 6.07) is 9.90. The van der Waals surface area contributed by atoms with Crippen molar-refractivity contribution in [2.75, 3.05) is 18.0 Å². The van der Waals surface area contributed by atoms with Crippen LogP contribution in [0.5, 0.6) is 0 Å². The molecule has 3 N–H and O–H groups in total. The summed E-state index contributed by atoms with van der Waals surface area (Å²) in [5.74, 6) is 4.93. The highest BCUT2D eigenvalue weighted by molar-refractivity contribution is 5.80. The van der Waals surface area contributed by atoms with Crippen molar-refractivity contribution < 1.29 is 4.79 Å². The Morgan fingerprint density at radius 1 is 1.38 bits per heavy atom. The Bertz CT molecular complexity index is 313. The Balaban J connectivity index is 2.67. The number of hydrogen-bond donors (Lipinski definition) is 2. The topological polar surface area (TPSA) is 58.4 Å². The number of hydrogen-bond acceptors (Lipinski definition) is 3. The zero-order chi connectivity index (χ0) is 11.8. The normalized spacial score (nSPS) is 9.88. The molecular weight excluding hydrogens is 202 g/mol. The second-order valence-electron chi connectivity index (χ2n) is 3.68. The SMILES string of the molecule is CCCCN(CC(=O)NN)c1ccccc1. The highest BCUT2D eigenvalue weighted by Gasteiger charge is 2.09. The van der Waals surface area contributed by atoms with Gasteiger partial charge in [0.25, 0.3) is 5.91 Å². The zero-order valence-corrected chi connectivity index (χ0v) is 9.65. The first-order chi connectivity index (χ1) is 7.77. The van der Waals surface area contributed by atoms with Gasteiger partial charge >= 0.3 is 0 Å². The van der Waals surface area contributed by atoms with Gasteiger partial charge in [-0.3, -0.25) is 10.2 Å². The number of nitrogens with zero attached hydrogens (tertiary/aromatic N) is 1. The highest BCUT2D eigenvalue weighted by atomic mass is 16.2. The Morgan fingerprint density at radius 3 is 2.62 bits per heavy atom. The number of anilines is 1. The number of nitrogens with two attached hydrogens (primary N) is 1. The van der Waals surface area contributed by atoms with Crippen molar-refractivity contribution >= 4 is 11.6 Å². The molecule has 88 valence electrons. The van der Waals surface area contributed by atoms with Gasteiger partial charge in [-0.15, -0.1) is 0 Å². The highest BCUT2D eigenvalue weighted by Crippen LogP contribution is 2.13. The number of carbonyl (C=O) groups is 1. The van der Waals surface area contributed by atoms with Crippen LogP contribution in [0.3, 0.4) is 0 Å². The van der Waals surface area contributed by atoms with Crippen LogP contribution in [-0.2, 0) is 4.79 Å². The van der Waals surface area contributed by atoms with Gasteiger partial charge < -0.3 is 4.90 Å². The molecule has 0 aromatic heterocycles. The quantitative estimate of drug-likeness (QED) is 0.432. The standard InChI is InChI=1S/C12H19N3O/c1-2-3-9-15(10-12(16)14-13)11-7-5-4-6-8-11/h4-8H,2-3,9-10,13H2,1H3,(H,14,16). The van der Waals surface area contributed by atoms with Crippen molar-refractivity contribution in [3.63, 3.8) is 0 Å². The van der Waals surface area contributed by atoms with Crippen molar-refractivity contribution in [3.8, 4) is 0 Å². The van der Waals surface area contributed by atoms with Crippen molar-refractivity contribution in [1.82, 2.24) is 5.43 Å². The van der Waals surface area contributed by atoms with Crippen molar-refractivity contribution in [2.24, 2.45) is 5.84 Å². The van der Waals surface area contributed by atoms with E-state index in [1.54, 1.807) is 0 Å². The van der Waals surface area contributed by atoms with Crippen LogP contribution in [0.2, 0.25) is 0 Å². The second-order valence-corrected chi connectivity index (χ2v) is 3.68. The van der Waals surface area contributed by atoms with Crippen LogP contribution < -0.4 is 16.2 Å². The van der Waals surface area contributed by atoms with Gasteiger partial charge in [0.1, 0.15) is 0 Å². The van der Waals surface area contributed by atoms with Crippen LogP contribution in [0.25, 0.3) is 0 Å². The number of para-hydroxylation sites is 1. The maximum Gasteiger partial charge on any atom is 0.253 e. The van der Waals surface area contributed by atoms with E-state index in [-0.39, 0.29) is 5.91 Å². The third kappa shape index (κ3) is 3.90. The minimum atomic E-state index is -0.167. The Morgan fingerprint density at radius 2 is 2.06 bits per heavy atom. The van der Waals surface area contributed by atoms with Crippen LogP contribution in [-0.4, -0.2) is 19.0 Å². The van der Waals surface area contributed by atoms with Crippen molar-refractivity contribution in [3.05, 3.63) is 30.3 Å². The summed E-state index contributed by atoms with van der Waals surface area (Å²) in [5.41, 5.74) is 3.22. The lowest BCUT2D eigenvalue weighted by atomic mass is 10.2. The zero-order valence-electron chi connectivity index (χ0n) is 9.65. The van der Waals surface area contributed by atoms with Gasteiger partial charge in [0.15, 0.2) is 0 Å². The fourth-order valence-electron chi connectivity index (χ4n) is 1.51. The van der Waals surface area contributed by atoms with Crippen LogP contribution in [0.15, 0.2) is 30.3 Å². The molecule has 0 bridgehead atoms. The molecule has 0 spiro atoms. The van der Waals surface area contributed by atoms with Gasteiger partial charge in [0.2, 0.25) is 0 Å². The van der Waals surface area contributed by atoms with Crippen molar-refractivity contribution in [1.29, 1.82) is 0 Å². The molecule has 0 heterocycles. The number of rotatable bonds is 6. The number of amides is 1. The van der Waals surface area contributed by atoms with Gasteiger partial charge in [-0.1, -0.05) is 31.5 Å². The van der Waals surface area contributed by atoms with E-state index in [1.165, 1.54) is 0 Å². The molecule has 1 rings (SSSR count). The largest absolute Gasteiger partial charge is 0.362 e. The summed E-state index contributed by atoms with van der Waals surface area (Å²) in [6.45, 7) is 3.31. The third-order valence-corrected chi connectivity index (χ3v) is 2.40. The first kappa shape index (κ1) is 12.5. The number of benzene rings is 1. The Kier molecular flexibility index (Phi) is 5.36. The number of carbonyl (C=O) groups excluding carboxylic acids is 1. The minimum Gasteiger partial charge on any atom is -0.362 e. The molecule has 0 saturated heterocycles. The maximum atomic E-state index is 11.3. The maximum absolute atomic E-state index is 11.3. The summed E-state index contributed by atoms with van der Waals surface area (Å²) < 4.78 is 0. The first-order valence-corrected chi connectivity index (χ1v) is 5.57. The molecule has 0 atom stereocenters. The van der Waals surface area contributed by atoms with Gasteiger partial charge in [0, 0.05) is 12.2 Å². The molecule has 1 aromatic carbocycles. The van der Waals surface area contributed by atoms with Crippen LogP contribution >= 0.6 is 0 Å². The van der Waals surface area contributed by atoms with Crippen LogP contribution in [0, 0.1) is 0 Å². The summed E-state index contributed by atoms with van der Waals surface area (Å²) in [4.78, 5) is 13.3. The fraction of sp³-hybridized carbons (Fsp3) is 0.417. The van der Waals surface area contributed by atoms with E-state index >= 15 is 0 Å². The Labute approximate surface area is 96.4 Å². The van der Waals surface area contributed by atoms with Gasteiger partial charge in [-0.25, -0.2) is 5.84 Å². The van der Waals surface area contributed by atoms with E-state index in [1.807, 2.05) is 35.2 Å². The summed E-state index contributed by atoms with van der Waals surface area (Å²) in [5, 5.41) is 0. The predicted molar refractivity (Wildman–Crippen MR) is 65.9 cm³/mol. The molecule has 0 aliphatic rings. The van der Waals surface area contributed by atoms with E-state index in [0.29, 0.717) is 6.54 Å². The van der Waals surface area contributed by atoms with Crippen LogP contribution in [0.1, 0.15) is 19.8 Å². The number of hydrazine groups is 1. The van der Waals surface area contributed by atoms with E-state index in [4.69, 9.17) is 5.84 Å². The minimum absolute atomic E-state index is 0.167. The smallest absolute Gasteiger partial charge is 0.253 e. The molecule has 0 fully saturated rings. The number of nitrogens with one attached hydrogen (secondary N) is 1. The lowest BCUT2D eigenvalue weighted by molar-refractivity contribution is -0.119. The molecule has 16 heavy (non-hydrogen) atoms. The van der Waals surface area contributed by atoms with Crippen molar-refractivity contribution in [2.45, 2.75) is 19.8 Å². The molecule has 1 amide bonds. The number of unbranched alkanes of at least 4 members (excludes halogenated alkanes) is 1. The van der Waals surface area contributed by atoms with E-state index in [9.17, 15) is 4.79 Å². The van der Waals surface area contributed by atoms with Gasteiger partial charge in [-0.2, -0.15) is 0 Å². The molecule has 0 saturated carbocycles. The van der Waals surface area contributed by atoms with E-state index in [2.05, 4.69) is 12.3 Å². The average molecular weight is 221 g/mol. The third-order valence-electron chi connectivity index (χ3n) is 2.40. The molecule has 4 nitrogen and oxygen atoms in total. The molecule has 4 heteroatoms. The lowest BCUT2D eigenvalue weighted by Gasteiger charge is -2.23. The van der Waals surface area contributed by atoms with Crippen LogP contribution in [0.4, 0.5) is 5.69 Å². The predicted octanol–water partition coefficient (Wildman–Crippen LogP) is 1.28. The summed E-state index contributed by atoms with van der Waals surface area (Å²) >= 11 is 0.